The molecule has 0 fully saturated rings. The molecule has 0 aliphatic rings. The Morgan fingerprint density at radius 2 is 2.13 bits per heavy atom. The summed E-state index contributed by atoms with van der Waals surface area (Å²) in [5.41, 5.74) is 0.422. The van der Waals surface area contributed by atoms with Gasteiger partial charge in [-0.25, -0.2) is 4.98 Å². The molecule has 7 heteroatoms. The molecule has 0 amide bonds. The fourth-order valence-corrected chi connectivity index (χ4v) is 1.09. The summed E-state index contributed by atoms with van der Waals surface area (Å²) < 4.78 is 39.2. The first kappa shape index (κ1) is 11.9. The van der Waals surface area contributed by atoms with E-state index < -0.39 is 18.0 Å². The molecular formula is C8H7ClF3NO2. The van der Waals surface area contributed by atoms with Gasteiger partial charge in [-0.1, -0.05) is 0 Å². The molecule has 84 valence electrons. The van der Waals surface area contributed by atoms with Gasteiger partial charge in [-0.05, 0) is 18.6 Å². The first-order chi connectivity index (χ1) is 6.83. The number of halogens is 4. The Balaban J connectivity index is 3.11. The van der Waals surface area contributed by atoms with Crippen LogP contribution in [-0.4, -0.2) is 16.5 Å². The lowest BCUT2D eigenvalue weighted by Crippen LogP contribution is -2.18. The van der Waals surface area contributed by atoms with Crippen LogP contribution in [0.5, 0.6) is 11.6 Å². The summed E-state index contributed by atoms with van der Waals surface area (Å²) in [6.45, 7) is 1.43. The molecule has 3 nitrogen and oxygen atoms in total. The second-order valence-corrected chi connectivity index (χ2v) is 3.03. The average Bonchev–Trinajstić information content (AvgIpc) is 2.10. The van der Waals surface area contributed by atoms with Gasteiger partial charge in [0.05, 0.1) is 11.6 Å². The van der Waals surface area contributed by atoms with Crippen molar-refractivity contribution in [2.45, 2.75) is 19.2 Å². The normalized spacial score (nSPS) is 11.5. The Morgan fingerprint density at radius 1 is 1.53 bits per heavy atom. The van der Waals surface area contributed by atoms with Crippen molar-refractivity contribution in [3.63, 3.8) is 0 Å². The fourth-order valence-electron chi connectivity index (χ4n) is 0.952. The molecule has 0 aliphatic heterocycles. The number of alkyl halides is 4. The zero-order valence-corrected chi connectivity index (χ0v) is 8.35. The highest BCUT2D eigenvalue weighted by molar-refractivity contribution is 6.16. The SMILES string of the molecule is Cc1cc(CCl)nc(OC(F)(F)F)c1O. The van der Waals surface area contributed by atoms with Gasteiger partial charge in [-0.3, -0.25) is 0 Å². The third-order valence-corrected chi connectivity index (χ3v) is 1.83. The smallest absolute Gasteiger partial charge is 0.503 e. The molecule has 0 spiro atoms. The molecule has 1 heterocycles. The Labute approximate surface area is 88.5 Å². The second kappa shape index (κ2) is 4.14. The quantitative estimate of drug-likeness (QED) is 0.810. The molecule has 0 radical (unpaired) electrons. The monoisotopic (exact) mass is 241 g/mol. The van der Waals surface area contributed by atoms with Crippen molar-refractivity contribution in [3.8, 4) is 11.6 Å². The molecule has 0 saturated heterocycles. The van der Waals surface area contributed by atoms with Crippen LogP contribution in [0.25, 0.3) is 0 Å². The van der Waals surface area contributed by atoms with Crippen LogP contribution in [0.3, 0.4) is 0 Å². The molecule has 0 saturated carbocycles. The predicted molar refractivity (Wildman–Crippen MR) is 46.9 cm³/mol. The summed E-state index contributed by atoms with van der Waals surface area (Å²) in [5.74, 6) is -1.57. The van der Waals surface area contributed by atoms with Gasteiger partial charge in [0.25, 0.3) is 5.88 Å². The Bertz CT molecular complexity index is 368. The minimum Gasteiger partial charge on any atom is -0.503 e. The molecule has 1 aromatic heterocycles. The molecule has 0 atom stereocenters. The molecule has 0 bridgehead atoms. The van der Waals surface area contributed by atoms with Gasteiger partial charge in [0.2, 0.25) is 0 Å². The summed E-state index contributed by atoms with van der Waals surface area (Å²) in [6.07, 6.45) is -4.89. The van der Waals surface area contributed by atoms with Crippen LogP contribution < -0.4 is 4.74 Å². The molecule has 1 aromatic rings. The van der Waals surface area contributed by atoms with Crippen LogP contribution in [0.15, 0.2) is 6.07 Å². The van der Waals surface area contributed by atoms with Gasteiger partial charge in [-0.2, -0.15) is 0 Å². The lowest BCUT2D eigenvalue weighted by atomic mass is 10.2. The number of hydrogen-bond donors (Lipinski definition) is 1. The predicted octanol–water partition coefficient (Wildman–Crippen LogP) is 2.73. The number of aryl methyl sites for hydroxylation is 1. The minimum atomic E-state index is -4.89. The highest BCUT2D eigenvalue weighted by Crippen LogP contribution is 2.32. The van der Waals surface area contributed by atoms with E-state index in [2.05, 4.69) is 9.72 Å². The van der Waals surface area contributed by atoms with E-state index in [4.69, 9.17) is 11.6 Å². The van der Waals surface area contributed by atoms with Gasteiger partial charge in [-0.15, -0.1) is 24.8 Å². The number of pyridine rings is 1. The van der Waals surface area contributed by atoms with E-state index >= 15 is 0 Å². The lowest BCUT2D eigenvalue weighted by molar-refractivity contribution is -0.276. The number of aromatic hydroxyl groups is 1. The van der Waals surface area contributed by atoms with Gasteiger partial charge in [0.15, 0.2) is 5.75 Å². The number of nitrogens with zero attached hydrogens (tertiary/aromatic N) is 1. The van der Waals surface area contributed by atoms with Crippen LogP contribution in [0.1, 0.15) is 11.3 Å². The van der Waals surface area contributed by atoms with E-state index in [1.807, 2.05) is 0 Å². The van der Waals surface area contributed by atoms with Crippen molar-refractivity contribution < 1.29 is 23.0 Å². The highest BCUT2D eigenvalue weighted by atomic mass is 35.5. The van der Waals surface area contributed by atoms with E-state index in [1.54, 1.807) is 0 Å². The van der Waals surface area contributed by atoms with Crippen molar-refractivity contribution in [2.24, 2.45) is 0 Å². The molecule has 1 N–H and O–H groups in total. The second-order valence-electron chi connectivity index (χ2n) is 2.77. The largest absolute Gasteiger partial charge is 0.574 e. The summed E-state index contributed by atoms with van der Waals surface area (Å²) in [6, 6.07) is 1.38. The van der Waals surface area contributed by atoms with Gasteiger partial charge in [0.1, 0.15) is 0 Å². The van der Waals surface area contributed by atoms with Crippen LogP contribution in [0.2, 0.25) is 0 Å². The minimum absolute atomic E-state index is 0.0602. The van der Waals surface area contributed by atoms with Crippen LogP contribution in [-0.2, 0) is 5.88 Å². The van der Waals surface area contributed by atoms with Crippen molar-refractivity contribution in [1.29, 1.82) is 0 Å². The molecule has 0 unspecified atom stereocenters. The molecule has 1 rings (SSSR count). The first-order valence-corrected chi connectivity index (χ1v) is 4.38. The highest BCUT2D eigenvalue weighted by Gasteiger charge is 2.33. The van der Waals surface area contributed by atoms with Crippen LogP contribution >= 0.6 is 11.6 Å². The third kappa shape index (κ3) is 3.16. The summed E-state index contributed by atoms with van der Waals surface area (Å²) >= 11 is 5.41. The summed E-state index contributed by atoms with van der Waals surface area (Å²) in [4.78, 5) is 3.41. The average molecular weight is 242 g/mol. The summed E-state index contributed by atoms with van der Waals surface area (Å²) in [5, 5.41) is 9.25. The number of ether oxygens (including phenoxy) is 1. The van der Waals surface area contributed by atoms with Crippen molar-refractivity contribution in [1.82, 2.24) is 4.98 Å². The molecular weight excluding hydrogens is 235 g/mol. The van der Waals surface area contributed by atoms with Gasteiger partial charge < -0.3 is 9.84 Å². The number of aromatic nitrogens is 1. The van der Waals surface area contributed by atoms with Gasteiger partial charge >= 0.3 is 6.36 Å². The Kier molecular flexibility index (Phi) is 3.28. The maximum absolute atomic E-state index is 11.9. The topological polar surface area (TPSA) is 42.4 Å². The number of hydrogen-bond acceptors (Lipinski definition) is 3. The Morgan fingerprint density at radius 3 is 2.60 bits per heavy atom. The first-order valence-electron chi connectivity index (χ1n) is 3.84. The molecule has 0 aliphatic carbocycles. The van der Waals surface area contributed by atoms with E-state index in [0.29, 0.717) is 0 Å². The maximum Gasteiger partial charge on any atom is 0.574 e. The standard InChI is InChI=1S/C8H7ClF3NO2/c1-4-2-5(3-9)13-7(6(4)14)15-8(10,11)12/h2,14H,3H2,1H3. The van der Waals surface area contributed by atoms with Crippen molar-refractivity contribution in [3.05, 3.63) is 17.3 Å². The van der Waals surface area contributed by atoms with E-state index in [1.165, 1.54) is 13.0 Å². The lowest BCUT2D eigenvalue weighted by Gasteiger charge is -2.11. The van der Waals surface area contributed by atoms with Crippen molar-refractivity contribution in [2.75, 3.05) is 0 Å². The Hall–Kier alpha value is -1.17. The van der Waals surface area contributed by atoms with E-state index in [9.17, 15) is 18.3 Å². The van der Waals surface area contributed by atoms with E-state index in [0.717, 1.165) is 0 Å². The molecule has 15 heavy (non-hydrogen) atoms. The zero-order chi connectivity index (χ0) is 11.6. The fraction of sp³-hybridized carbons (Fsp3) is 0.375. The van der Waals surface area contributed by atoms with Crippen LogP contribution in [0.4, 0.5) is 13.2 Å². The van der Waals surface area contributed by atoms with Crippen LogP contribution in [0, 0.1) is 6.92 Å². The van der Waals surface area contributed by atoms with Crippen molar-refractivity contribution >= 4 is 11.6 Å². The molecule has 0 aromatic carbocycles. The summed E-state index contributed by atoms with van der Waals surface area (Å²) in [7, 11) is 0. The third-order valence-electron chi connectivity index (χ3n) is 1.55. The van der Waals surface area contributed by atoms with Gasteiger partial charge in [0, 0.05) is 0 Å². The maximum atomic E-state index is 11.9. The zero-order valence-electron chi connectivity index (χ0n) is 7.60. The van der Waals surface area contributed by atoms with E-state index in [-0.39, 0.29) is 17.1 Å². The number of rotatable bonds is 2.